The van der Waals surface area contributed by atoms with E-state index in [4.69, 9.17) is 0 Å². The highest BCUT2D eigenvalue weighted by molar-refractivity contribution is 7.99. The van der Waals surface area contributed by atoms with Crippen LogP contribution < -0.4 is 0 Å². The van der Waals surface area contributed by atoms with Gasteiger partial charge in [-0.25, -0.2) is 17.9 Å². The van der Waals surface area contributed by atoms with Gasteiger partial charge in [-0.15, -0.1) is 5.10 Å². The number of hydrogen-bond donors (Lipinski definition) is 0. The van der Waals surface area contributed by atoms with Crippen LogP contribution in [0.25, 0.3) is 5.78 Å². The largest absolute Gasteiger partial charge is 0.335 e. The van der Waals surface area contributed by atoms with Crippen molar-refractivity contribution >= 4 is 33.3 Å². The average Bonchev–Trinajstić information content (AvgIpc) is 3.24. The molecule has 1 unspecified atom stereocenters. The Hall–Kier alpha value is -1.68. The molecule has 10 heteroatoms. The molecular weight excluding hydrogens is 410 g/mol. The molecule has 0 radical (unpaired) electrons. The number of hydrogen-bond acceptors (Lipinski definition) is 7. The van der Waals surface area contributed by atoms with Gasteiger partial charge in [0.05, 0.1) is 17.3 Å². The van der Waals surface area contributed by atoms with Crippen LogP contribution >= 0.6 is 11.8 Å². The van der Waals surface area contributed by atoms with E-state index in [1.54, 1.807) is 4.52 Å². The van der Waals surface area contributed by atoms with E-state index < -0.39 is 9.84 Å². The quantitative estimate of drug-likeness (QED) is 0.661. The molecule has 3 heterocycles. The second-order valence-electron chi connectivity index (χ2n) is 8.08. The highest BCUT2D eigenvalue weighted by atomic mass is 32.2. The van der Waals surface area contributed by atoms with Crippen molar-refractivity contribution in [3.8, 4) is 0 Å². The molecule has 29 heavy (non-hydrogen) atoms. The van der Waals surface area contributed by atoms with Crippen molar-refractivity contribution in [2.24, 2.45) is 0 Å². The fourth-order valence-corrected chi connectivity index (χ4v) is 6.87. The Morgan fingerprint density at radius 2 is 1.93 bits per heavy atom. The summed E-state index contributed by atoms with van der Waals surface area (Å²) in [4.78, 5) is 23.9. The molecule has 0 aromatic carbocycles. The smallest absolute Gasteiger partial charge is 0.253 e. The zero-order valence-electron chi connectivity index (χ0n) is 16.9. The molecule has 2 fully saturated rings. The third-order valence-electron chi connectivity index (χ3n) is 5.78. The number of carbonyl (C=O) groups is 1. The highest BCUT2D eigenvalue weighted by Gasteiger charge is 2.38. The van der Waals surface area contributed by atoms with E-state index >= 15 is 0 Å². The first-order valence-electron chi connectivity index (χ1n) is 10.2. The Balaban J connectivity index is 1.49. The van der Waals surface area contributed by atoms with Crippen molar-refractivity contribution in [3.05, 3.63) is 17.5 Å². The Bertz CT molecular complexity index is 1010. The number of nitrogens with zero attached hydrogens (tertiary/aromatic N) is 5. The molecule has 1 aliphatic heterocycles. The maximum absolute atomic E-state index is 13.2. The van der Waals surface area contributed by atoms with Gasteiger partial charge < -0.3 is 4.90 Å². The molecule has 1 aliphatic carbocycles. The van der Waals surface area contributed by atoms with Gasteiger partial charge in [0, 0.05) is 23.5 Å². The Kier molecular flexibility index (Phi) is 5.83. The fraction of sp³-hybridized carbons (Fsp3) is 0.684. The van der Waals surface area contributed by atoms with Gasteiger partial charge in [0.1, 0.15) is 0 Å². The molecule has 0 spiro atoms. The van der Waals surface area contributed by atoms with Crippen LogP contribution in [0, 0.1) is 13.8 Å². The summed E-state index contributed by atoms with van der Waals surface area (Å²) in [6, 6.07) is 1.89. The molecule has 2 aliphatic rings. The summed E-state index contributed by atoms with van der Waals surface area (Å²) in [5.74, 6) is 1.00. The summed E-state index contributed by atoms with van der Waals surface area (Å²) in [5.41, 5.74) is 1.82. The fourth-order valence-electron chi connectivity index (χ4n) is 4.47. The van der Waals surface area contributed by atoms with Crippen molar-refractivity contribution in [2.45, 2.75) is 69.6 Å². The Morgan fingerprint density at radius 3 is 2.62 bits per heavy atom. The standard InChI is InChI=1S/C19H27N5O3S2/c1-13-10-14(2)24-18(20-13)21-19(22-24)28-11-17(25)23(15-6-4-3-5-7-15)16-8-9-29(26,27)12-16/h10,15-16H,3-9,11-12H2,1-2H3. The van der Waals surface area contributed by atoms with E-state index in [0.29, 0.717) is 17.4 Å². The minimum Gasteiger partial charge on any atom is -0.335 e. The van der Waals surface area contributed by atoms with Crippen LogP contribution in [-0.2, 0) is 14.6 Å². The number of sulfone groups is 1. The molecule has 1 amide bonds. The van der Waals surface area contributed by atoms with Crippen molar-refractivity contribution < 1.29 is 13.2 Å². The minimum atomic E-state index is -3.04. The molecular formula is C19H27N5O3S2. The number of carbonyl (C=O) groups excluding carboxylic acids is 1. The summed E-state index contributed by atoms with van der Waals surface area (Å²) in [7, 11) is -3.04. The van der Waals surface area contributed by atoms with Crippen molar-refractivity contribution in [1.29, 1.82) is 0 Å². The lowest BCUT2D eigenvalue weighted by Gasteiger charge is -2.38. The summed E-state index contributed by atoms with van der Waals surface area (Å²) >= 11 is 1.30. The summed E-state index contributed by atoms with van der Waals surface area (Å²) < 4.78 is 25.7. The van der Waals surface area contributed by atoms with Crippen LogP contribution in [-0.4, -0.2) is 68.1 Å². The van der Waals surface area contributed by atoms with Gasteiger partial charge in [-0.3, -0.25) is 4.79 Å². The predicted octanol–water partition coefficient (Wildman–Crippen LogP) is 2.18. The van der Waals surface area contributed by atoms with Crippen LogP contribution in [0.2, 0.25) is 0 Å². The van der Waals surface area contributed by atoms with Gasteiger partial charge in [-0.05, 0) is 39.2 Å². The van der Waals surface area contributed by atoms with E-state index in [0.717, 1.165) is 37.1 Å². The van der Waals surface area contributed by atoms with Gasteiger partial charge in [0.25, 0.3) is 5.78 Å². The molecule has 0 bridgehead atoms. The Morgan fingerprint density at radius 1 is 1.17 bits per heavy atom. The molecule has 1 atom stereocenters. The first-order chi connectivity index (χ1) is 13.8. The van der Waals surface area contributed by atoms with Gasteiger partial charge in [-0.1, -0.05) is 31.0 Å². The minimum absolute atomic E-state index is 0.0104. The lowest BCUT2D eigenvalue weighted by molar-refractivity contribution is -0.133. The SMILES string of the molecule is Cc1cc(C)n2nc(SCC(=O)N(C3CCCCC3)C3CCS(=O)(=O)C3)nc2n1. The maximum atomic E-state index is 13.2. The number of aryl methyl sites for hydroxylation is 2. The van der Waals surface area contributed by atoms with E-state index in [1.165, 1.54) is 18.2 Å². The molecule has 0 N–H and O–H groups in total. The topological polar surface area (TPSA) is 97.5 Å². The molecule has 2 aromatic heterocycles. The van der Waals surface area contributed by atoms with Crippen molar-refractivity contribution in [1.82, 2.24) is 24.5 Å². The zero-order chi connectivity index (χ0) is 20.6. The number of thioether (sulfide) groups is 1. The first-order valence-corrected chi connectivity index (χ1v) is 13.0. The number of aromatic nitrogens is 4. The number of fused-ring (bicyclic) bond motifs is 1. The predicted molar refractivity (Wildman–Crippen MR) is 112 cm³/mol. The summed E-state index contributed by atoms with van der Waals surface area (Å²) in [6.45, 7) is 3.86. The van der Waals surface area contributed by atoms with Crippen molar-refractivity contribution in [2.75, 3.05) is 17.3 Å². The normalized spacial score (nSPS) is 22.2. The summed E-state index contributed by atoms with van der Waals surface area (Å²) in [5, 5.41) is 4.97. The number of amides is 1. The second kappa shape index (κ2) is 8.22. The Labute approximate surface area is 175 Å². The van der Waals surface area contributed by atoms with E-state index in [9.17, 15) is 13.2 Å². The highest BCUT2D eigenvalue weighted by Crippen LogP contribution is 2.29. The van der Waals surface area contributed by atoms with E-state index in [1.807, 2.05) is 24.8 Å². The van der Waals surface area contributed by atoms with E-state index in [2.05, 4.69) is 15.1 Å². The van der Waals surface area contributed by atoms with Crippen LogP contribution in [0.3, 0.4) is 0 Å². The third kappa shape index (κ3) is 4.58. The number of rotatable bonds is 5. The van der Waals surface area contributed by atoms with Crippen molar-refractivity contribution in [3.63, 3.8) is 0 Å². The molecule has 2 aromatic rings. The lowest BCUT2D eigenvalue weighted by Crippen LogP contribution is -2.49. The van der Waals surface area contributed by atoms with E-state index in [-0.39, 0.29) is 35.2 Å². The van der Waals surface area contributed by atoms with Crippen LogP contribution in [0.5, 0.6) is 0 Å². The first kappa shape index (κ1) is 20.6. The monoisotopic (exact) mass is 437 g/mol. The molecule has 8 nitrogen and oxygen atoms in total. The summed E-state index contributed by atoms with van der Waals surface area (Å²) in [6.07, 6.45) is 5.85. The second-order valence-corrected chi connectivity index (χ2v) is 11.3. The van der Waals surface area contributed by atoms with Gasteiger partial charge in [0.2, 0.25) is 11.1 Å². The third-order valence-corrected chi connectivity index (χ3v) is 8.35. The maximum Gasteiger partial charge on any atom is 0.253 e. The van der Waals surface area contributed by atoms with Crippen LogP contribution in [0.1, 0.15) is 49.9 Å². The lowest BCUT2D eigenvalue weighted by atomic mass is 9.93. The molecule has 4 rings (SSSR count). The average molecular weight is 438 g/mol. The van der Waals surface area contributed by atoms with Gasteiger partial charge in [-0.2, -0.15) is 4.98 Å². The molecule has 158 valence electrons. The van der Waals surface area contributed by atoms with Crippen LogP contribution in [0.4, 0.5) is 0 Å². The van der Waals surface area contributed by atoms with Crippen LogP contribution in [0.15, 0.2) is 11.2 Å². The molecule has 1 saturated heterocycles. The zero-order valence-corrected chi connectivity index (χ0v) is 18.5. The van der Waals surface area contributed by atoms with Gasteiger partial charge >= 0.3 is 0 Å². The van der Waals surface area contributed by atoms with Gasteiger partial charge in [0.15, 0.2) is 9.84 Å². The molecule has 1 saturated carbocycles.